The maximum absolute atomic E-state index is 4.75. The van der Waals surface area contributed by atoms with E-state index in [-0.39, 0.29) is 0 Å². The van der Waals surface area contributed by atoms with Gasteiger partial charge in [0.1, 0.15) is 5.82 Å². The third-order valence-corrected chi connectivity index (χ3v) is 4.27. The predicted molar refractivity (Wildman–Crippen MR) is 95.6 cm³/mol. The summed E-state index contributed by atoms with van der Waals surface area (Å²) in [4.78, 5) is 9.40. The quantitative estimate of drug-likeness (QED) is 0.723. The van der Waals surface area contributed by atoms with Crippen molar-refractivity contribution in [3.8, 4) is 11.4 Å². The SMILES string of the molecule is CCNc1nc(-c2cccc(Br)c2)nc(CC(C)C)c1Br. The molecular weight excluding hydrogens is 394 g/mol. The summed E-state index contributed by atoms with van der Waals surface area (Å²) in [6, 6.07) is 8.07. The molecule has 1 heterocycles. The van der Waals surface area contributed by atoms with Gasteiger partial charge in [0.25, 0.3) is 0 Å². The van der Waals surface area contributed by atoms with E-state index in [2.05, 4.69) is 62.9 Å². The van der Waals surface area contributed by atoms with Crippen LogP contribution in [-0.4, -0.2) is 16.5 Å². The molecule has 2 aromatic rings. The summed E-state index contributed by atoms with van der Waals surface area (Å²) in [5.74, 6) is 2.16. The minimum Gasteiger partial charge on any atom is -0.369 e. The molecule has 1 aromatic heterocycles. The van der Waals surface area contributed by atoms with Crippen molar-refractivity contribution in [2.75, 3.05) is 11.9 Å². The second-order valence-corrected chi connectivity index (χ2v) is 7.00. The molecule has 1 N–H and O–H groups in total. The second-order valence-electron chi connectivity index (χ2n) is 5.30. The van der Waals surface area contributed by atoms with Gasteiger partial charge in [0.2, 0.25) is 0 Å². The second kappa shape index (κ2) is 7.36. The van der Waals surface area contributed by atoms with Gasteiger partial charge in [-0.05, 0) is 47.3 Å². The Hall–Kier alpha value is -0.940. The van der Waals surface area contributed by atoms with E-state index in [1.807, 2.05) is 24.3 Å². The normalized spacial score (nSPS) is 11.0. The van der Waals surface area contributed by atoms with Crippen LogP contribution in [0.3, 0.4) is 0 Å². The van der Waals surface area contributed by atoms with Crippen LogP contribution in [0.1, 0.15) is 26.5 Å². The van der Waals surface area contributed by atoms with Crippen LogP contribution in [0.2, 0.25) is 0 Å². The van der Waals surface area contributed by atoms with E-state index in [0.29, 0.717) is 5.92 Å². The summed E-state index contributed by atoms with van der Waals surface area (Å²) in [5, 5.41) is 3.30. The lowest BCUT2D eigenvalue weighted by atomic mass is 10.1. The lowest BCUT2D eigenvalue weighted by molar-refractivity contribution is 0.632. The zero-order valence-corrected chi connectivity index (χ0v) is 15.6. The molecule has 0 aliphatic heterocycles. The molecule has 0 atom stereocenters. The van der Waals surface area contributed by atoms with Crippen molar-refractivity contribution in [3.05, 3.63) is 38.9 Å². The van der Waals surface area contributed by atoms with Crippen LogP contribution in [0.15, 0.2) is 33.2 Å². The molecule has 0 saturated carbocycles. The summed E-state index contributed by atoms with van der Waals surface area (Å²) in [6.07, 6.45) is 0.919. The lowest BCUT2D eigenvalue weighted by Crippen LogP contribution is -2.08. The van der Waals surface area contributed by atoms with Gasteiger partial charge in [-0.2, -0.15) is 0 Å². The van der Waals surface area contributed by atoms with Crippen molar-refractivity contribution in [1.29, 1.82) is 0 Å². The first-order valence-corrected chi connectivity index (χ1v) is 8.66. The van der Waals surface area contributed by atoms with Crippen LogP contribution >= 0.6 is 31.9 Å². The standard InChI is InChI=1S/C16H19Br2N3/c1-4-19-16-14(18)13(8-10(2)3)20-15(21-16)11-6-5-7-12(17)9-11/h5-7,9-10H,4,8H2,1-3H3,(H,19,20,21). The monoisotopic (exact) mass is 411 g/mol. The van der Waals surface area contributed by atoms with E-state index < -0.39 is 0 Å². The molecule has 0 amide bonds. The summed E-state index contributed by atoms with van der Waals surface area (Å²) in [7, 11) is 0. The summed E-state index contributed by atoms with van der Waals surface area (Å²) in [5.41, 5.74) is 2.06. The Balaban J connectivity index is 2.52. The topological polar surface area (TPSA) is 37.8 Å². The van der Waals surface area contributed by atoms with E-state index in [4.69, 9.17) is 4.98 Å². The fourth-order valence-corrected chi connectivity index (χ4v) is 2.94. The number of hydrogen-bond acceptors (Lipinski definition) is 3. The van der Waals surface area contributed by atoms with Gasteiger partial charge in [0.05, 0.1) is 10.2 Å². The first kappa shape index (κ1) is 16.4. The molecule has 0 aliphatic rings. The zero-order chi connectivity index (χ0) is 15.4. The van der Waals surface area contributed by atoms with E-state index in [1.165, 1.54) is 0 Å². The maximum atomic E-state index is 4.75. The Labute approximate surface area is 142 Å². The predicted octanol–water partition coefficient (Wildman–Crippen LogP) is 5.30. The molecule has 1 aromatic carbocycles. The summed E-state index contributed by atoms with van der Waals surface area (Å²) >= 11 is 7.14. The zero-order valence-electron chi connectivity index (χ0n) is 12.5. The fraction of sp³-hybridized carbons (Fsp3) is 0.375. The van der Waals surface area contributed by atoms with Crippen molar-refractivity contribution < 1.29 is 0 Å². The molecule has 0 bridgehead atoms. The smallest absolute Gasteiger partial charge is 0.161 e. The van der Waals surface area contributed by atoms with Crippen LogP contribution in [0, 0.1) is 5.92 Å². The highest BCUT2D eigenvalue weighted by molar-refractivity contribution is 9.11. The van der Waals surface area contributed by atoms with Gasteiger partial charge in [0, 0.05) is 16.6 Å². The van der Waals surface area contributed by atoms with Crippen LogP contribution in [0.5, 0.6) is 0 Å². The number of nitrogens with one attached hydrogen (secondary N) is 1. The van der Waals surface area contributed by atoms with Crippen molar-refractivity contribution in [3.63, 3.8) is 0 Å². The highest BCUT2D eigenvalue weighted by Crippen LogP contribution is 2.29. The Morgan fingerprint density at radius 2 is 1.95 bits per heavy atom. The van der Waals surface area contributed by atoms with Crippen LogP contribution in [0.25, 0.3) is 11.4 Å². The van der Waals surface area contributed by atoms with E-state index >= 15 is 0 Å². The molecule has 0 fully saturated rings. The van der Waals surface area contributed by atoms with Gasteiger partial charge < -0.3 is 5.32 Å². The molecule has 3 nitrogen and oxygen atoms in total. The van der Waals surface area contributed by atoms with Crippen LogP contribution in [-0.2, 0) is 6.42 Å². The number of rotatable bonds is 5. The molecule has 0 spiro atoms. The molecule has 0 unspecified atom stereocenters. The van der Waals surface area contributed by atoms with Crippen molar-refractivity contribution in [2.45, 2.75) is 27.2 Å². The molecule has 0 aliphatic carbocycles. The minimum atomic E-state index is 0.543. The Morgan fingerprint density at radius 1 is 1.19 bits per heavy atom. The first-order valence-electron chi connectivity index (χ1n) is 7.07. The van der Waals surface area contributed by atoms with Gasteiger partial charge in [-0.3, -0.25) is 0 Å². The molecular formula is C16H19Br2N3. The maximum Gasteiger partial charge on any atom is 0.161 e. The van der Waals surface area contributed by atoms with Crippen molar-refractivity contribution in [1.82, 2.24) is 9.97 Å². The average molecular weight is 413 g/mol. The lowest BCUT2D eigenvalue weighted by Gasteiger charge is -2.13. The Kier molecular flexibility index (Phi) is 5.76. The summed E-state index contributed by atoms with van der Waals surface area (Å²) in [6.45, 7) is 7.28. The van der Waals surface area contributed by atoms with Crippen molar-refractivity contribution in [2.24, 2.45) is 5.92 Å². The average Bonchev–Trinajstić information content (AvgIpc) is 2.42. The number of aromatic nitrogens is 2. The number of halogens is 2. The number of nitrogens with zero attached hydrogens (tertiary/aromatic N) is 2. The molecule has 2 rings (SSSR count). The molecule has 0 saturated heterocycles. The van der Waals surface area contributed by atoms with Gasteiger partial charge in [-0.25, -0.2) is 9.97 Å². The third-order valence-electron chi connectivity index (χ3n) is 2.95. The van der Waals surface area contributed by atoms with Gasteiger partial charge in [-0.15, -0.1) is 0 Å². The highest BCUT2D eigenvalue weighted by atomic mass is 79.9. The molecule has 21 heavy (non-hydrogen) atoms. The highest BCUT2D eigenvalue weighted by Gasteiger charge is 2.14. The minimum absolute atomic E-state index is 0.543. The molecule has 112 valence electrons. The molecule has 5 heteroatoms. The summed E-state index contributed by atoms with van der Waals surface area (Å²) < 4.78 is 2.00. The van der Waals surface area contributed by atoms with E-state index in [1.54, 1.807) is 0 Å². The van der Waals surface area contributed by atoms with E-state index in [0.717, 1.165) is 44.8 Å². The van der Waals surface area contributed by atoms with E-state index in [9.17, 15) is 0 Å². The Bertz CT molecular complexity index is 627. The number of hydrogen-bond donors (Lipinski definition) is 1. The number of anilines is 1. The van der Waals surface area contributed by atoms with Crippen LogP contribution < -0.4 is 5.32 Å². The Morgan fingerprint density at radius 3 is 2.57 bits per heavy atom. The fourth-order valence-electron chi connectivity index (χ4n) is 2.06. The van der Waals surface area contributed by atoms with Gasteiger partial charge in [-0.1, -0.05) is 41.9 Å². The molecule has 0 radical (unpaired) electrons. The largest absolute Gasteiger partial charge is 0.369 e. The van der Waals surface area contributed by atoms with Gasteiger partial charge in [0.15, 0.2) is 5.82 Å². The number of benzene rings is 1. The first-order chi connectivity index (χ1) is 10.0. The van der Waals surface area contributed by atoms with Gasteiger partial charge >= 0.3 is 0 Å². The third kappa shape index (κ3) is 4.27. The van der Waals surface area contributed by atoms with Crippen molar-refractivity contribution >= 4 is 37.7 Å². The van der Waals surface area contributed by atoms with Crippen LogP contribution in [0.4, 0.5) is 5.82 Å².